The Hall–Kier alpha value is -3.51. The molecule has 1 unspecified atom stereocenters. The lowest BCUT2D eigenvalue weighted by Crippen LogP contribution is -2.45. The fraction of sp³-hybridized carbons (Fsp3) is 0.185. The lowest BCUT2D eigenvalue weighted by Gasteiger charge is -2.19. The molecule has 0 aliphatic rings. The minimum atomic E-state index is -1.06. The largest absolute Gasteiger partial charge is 0.480 e. The molecule has 0 aliphatic carbocycles. The maximum atomic E-state index is 13.0. The first-order chi connectivity index (χ1) is 16.0. The maximum Gasteiger partial charge on any atom is 0.326 e. The summed E-state index contributed by atoms with van der Waals surface area (Å²) < 4.78 is 0. The Labute approximate surface area is 198 Å². The van der Waals surface area contributed by atoms with Crippen molar-refractivity contribution < 1.29 is 14.7 Å². The Morgan fingerprint density at radius 3 is 2.39 bits per heavy atom. The number of hydrogen-bond acceptors (Lipinski definition) is 3. The number of thiol groups is 1. The van der Waals surface area contributed by atoms with Crippen LogP contribution in [-0.2, 0) is 22.4 Å². The van der Waals surface area contributed by atoms with Gasteiger partial charge in [-0.1, -0.05) is 72.8 Å². The highest BCUT2D eigenvalue weighted by molar-refractivity contribution is 7.80. The molecule has 0 radical (unpaired) electrons. The van der Waals surface area contributed by atoms with E-state index < -0.39 is 17.9 Å². The molecule has 4 rings (SSSR count). The molecule has 0 saturated heterocycles. The first kappa shape index (κ1) is 22.7. The van der Waals surface area contributed by atoms with Gasteiger partial charge in [-0.2, -0.15) is 12.6 Å². The number of aromatic nitrogens is 1. The SMILES string of the molecule is O=C(N[C@@H](Cc1c[nH]c2ccccc12)C(=O)O)C(CS)Cc1cccc(-c2ccccc2)c1. The van der Waals surface area contributed by atoms with Crippen molar-refractivity contribution in [3.63, 3.8) is 0 Å². The highest BCUT2D eigenvalue weighted by atomic mass is 32.1. The van der Waals surface area contributed by atoms with Crippen molar-refractivity contribution in [1.29, 1.82) is 0 Å². The number of carboxylic acid groups (broad SMARTS) is 1. The van der Waals surface area contributed by atoms with Gasteiger partial charge in [0.15, 0.2) is 0 Å². The summed E-state index contributed by atoms with van der Waals surface area (Å²) in [6, 6.07) is 24.8. The predicted octanol–water partition coefficient (Wildman–Crippen LogP) is 4.74. The molecule has 0 spiro atoms. The van der Waals surface area contributed by atoms with E-state index in [2.05, 4.69) is 29.0 Å². The zero-order valence-corrected chi connectivity index (χ0v) is 19.0. The van der Waals surface area contributed by atoms with Crippen LogP contribution >= 0.6 is 12.6 Å². The number of fused-ring (bicyclic) bond motifs is 1. The molecule has 3 aromatic carbocycles. The van der Waals surface area contributed by atoms with Gasteiger partial charge in [0.05, 0.1) is 5.92 Å². The van der Waals surface area contributed by atoms with E-state index in [1.807, 2.05) is 72.8 Å². The van der Waals surface area contributed by atoms with Gasteiger partial charge >= 0.3 is 5.97 Å². The van der Waals surface area contributed by atoms with Crippen molar-refractivity contribution in [3.05, 3.63) is 96.2 Å². The number of aromatic amines is 1. The second-order valence-electron chi connectivity index (χ2n) is 8.11. The van der Waals surface area contributed by atoms with Crippen LogP contribution in [0.15, 0.2) is 85.1 Å². The van der Waals surface area contributed by atoms with Gasteiger partial charge in [-0.15, -0.1) is 0 Å². The number of rotatable bonds is 9. The molecule has 2 atom stereocenters. The lowest BCUT2D eigenvalue weighted by atomic mass is 9.96. The van der Waals surface area contributed by atoms with Gasteiger partial charge in [0.2, 0.25) is 5.91 Å². The fourth-order valence-electron chi connectivity index (χ4n) is 4.04. The van der Waals surface area contributed by atoms with Crippen LogP contribution in [0.5, 0.6) is 0 Å². The molecule has 0 saturated carbocycles. The molecular formula is C27H26N2O3S. The summed E-state index contributed by atoms with van der Waals surface area (Å²) in [5, 5.41) is 13.5. The van der Waals surface area contributed by atoms with E-state index in [-0.39, 0.29) is 12.3 Å². The Morgan fingerprint density at radius 2 is 1.64 bits per heavy atom. The molecule has 1 amide bonds. The molecule has 0 fully saturated rings. The fourth-order valence-corrected chi connectivity index (χ4v) is 4.34. The van der Waals surface area contributed by atoms with Crippen molar-refractivity contribution in [1.82, 2.24) is 10.3 Å². The van der Waals surface area contributed by atoms with Gasteiger partial charge in [-0.3, -0.25) is 4.79 Å². The van der Waals surface area contributed by atoms with Crippen LogP contribution in [0, 0.1) is 5.92 Å². The van der Waals surface area contributed by atoms with E-state index in [1.165, 1.54) is 0 Å². The number of amides is 1. The van der Waals surface area contributed by atoms with Crippen LogP contribution in [0.4, 0.5) is 0 Å². The molecule has 0 bridgehead atoms. The van der Waals surface area contributed by atoms with Gasteiger partial charge in [-0.25, -0.2) is 4.79 Å². The highest BCUT2D eigenvalue weighted by Gasteiger charge is 2.26. The molecule has 1 aromatic heterocycles. The normalized spacial score (nSPS) is 12.9. The summed E-state index contributed by atoms with van der Waals surface area (Å²) in [5.41, 5.74) is 4.99. The van der Waals surface area contributed by atoms with Gasteiger partial charge in [0, 0.05) is 29.3 Å². The van der Waals surface area contributed by atoms with Crippen LogP contribution in [-0.4, -0.2) is 33.8 Å². The summed E-state index contributed by atoms with van der Waals surface area (Å²) >= 11 is 4.38. The van der Waals surface area contributed by atoms with Crippen molar-refractivity contribution in [2.24, 2.45) is 5.92 Å². The van der Waals surface area contributed by atoms with Crippen LogP contribution in [0.25, 0.3) is 22.0 Å². The maximum absolute atomic E-state index is 13.0. The Bertz CT molecular complexity index is 1250. The molecule has 3 N–H and O–H groups in total. The monoisotopic (exact) mass is 458 g/mol. The summed E-state index contributed by atoms with van der Waals surface area (Å²) in [6.07, 6.45) is 2.49. The standard InChI is InChI=1S/C27H26N2O3S/c30-26(29-25(27(31)32)15-21-16-28-24-12-5-4-11-23(21)24)22(17-33)14-18-7-6-10-20(13-18)19-8-2-1-3-9-19/h1-13,16,22,25,28,33H,14-15,17H2,(H,29,30)(H,31,32)/t22?,25-/m0/s1. The second-order valence-corrected chi connectivity index (χ2v) is 8.48. The first-order valence-electron chi connectivity index (χ1n) is 10.9. The number of carboxylic acids is 1. The minimum Gasteiger partial charge on any atom is -0.480 e. The topological polar surface area (TPSA) is 82.2 Å². The third-order valence-electron chi connectivity index (χ3n) is 5.82. The average molecular weight is 459 g/mol. The van der Waals surface area contributed by atoms with Crippen molar-refractivity contribution >= 4 is 35.4 Å². The van der Waals surface area contributed by atoms with Crippen LogP contribution in [0.1, 0.15) is 11.1 Å². The molecule has 4 aromatic rings. The van der Waals surface area contributed by atoms with Crippen LogP contribution in [0.2, 0.25) is 0 Å². The van der Waals surface area contributed by atoms with Gasteiger partial charge < -0.3 is 15.4 Å². The Kier molecular flexibility index (Phi) is 7.15. The highest BCUT2D eigenvalue weighted by Crippen LogP contribution is 2.23. The van der Waals surface area contributed by atoms with Crippen molar-refractivity contribution in [2.45, 2.75) is 18.9 Å². The number of aliphatic carboxylic acids is 1. The van der Waals surface area contributed by atoms with Gasteiger partial charge in [0.25, 0.3) is 0 Å². The lowest BCUT2D eigenvalue weighted by molar-refractivity contribution is -0.142. The Balaban J connectivity index is 1.46. The van der Waals surface area contributed by atoms with E-state index in [4.69, 9.17) is 0 Å². The molecule has 0 aliphatic heterocycles. The molecule has 5 nitrogen and oxygen atoms in total. The third-order valence-corrected chi connectivity index (χ3v) is 6.26. The van der Waals surface area contributed by atoms with E-state index in [9.17, 15) is 14.7 Å². The molecular weight excluding hydrogens is 432 g/mol. The van der Waals surface area contributed by atoms with E-state index in [0.29, 0.717) is 12.2 Å². The van der Waals surface area contributed by atoms with Crippen LogP contribution < -0.4 is 5.32 Å². The predicted molar refractivity (Wildman–Crippen MR) is 134 cm³/mol. The molecule has 6 heteroatoms. The number of hydrogen-bond donors (Lipinski definition) is 4. The van der Waals surface area contributed by atoms with Gasteiger partial charge in [0.1, 0.15) is 6.04 Å². The molecule has 33 heavy (non-hydrogen) atoms. The van der Waals surface area contributed by atoms with E-state index in [0.717, 1.165) is 33.2 Å². The van der Waals surface area contributed by atoms with Crippen LogP contribution in [0.3, 0.4) is 0 Å². The average Bonchev–Trinajstić information content (AvgIpc) is 3.25. The summed E-state index contributed by atoms with van der Waals surface area (Å²) in [4.78, 5) is 28.1. The van der Waals surface area contributed by atoms with Crippen molar-refractivity contribution in [3.8, 4) is 11.1 Å². The number of carbonyl (C=O) groups excluding carboxylic acids is 1. The van der Waals surface area contributed by atoms with E-state index >= 15 is 0 Å². The number of benzene rings is 3. The third kappa shape index (κ3) is 5.46. The number of nitrogens with one attached hydrogen (secondary N) is 2. The quantitative estimate of drug-likeness (QED) is 0.274. The Morgan fingerprint density at radius 1 is 0.909 bits per heavy atom. The second kappa shape index (κ2) is 10.4. The first-order valence-corrected chi connectivity index (χ1v) is 11.5. The van der Waals surface area contributed by atoms with Crippen molar-refractivity contribution in [2.75, 3.05) is 5.75 Å². The molecule has 168 valence electrons. The summed E-state index contributed by atoms with van der Waals surface area (Å²) in [5.74, 6) is -1.48. The summed E-state index contributed by atoms with van der Waals surface area (Å²) in [6.45, 7) is 0. The summed E-state index contributed by atoms with van der Waals surface area (Å²) in [7, 11) is 0. The van der Waals surface area contributed by atoms with E-state index in [1.54, 1.807) is 6.20 Å². The zero-order valence-electron chi connectivity index (χ0n) is 18.1. The van der Waals surface area contributed by atoms with Gasteiger partial charge in [-0.05, 0) is 34.7 Å². The number of carbonyl (C=O) groups is 2. The zero-order chi connectivity index (χ0) is 23.2. The smallest absolute Gasteiger partial charge is 0.326 e. The molecule has 1 heterocycles. The number of para-hydroxylation sites is 1. The number of H-pyrrole nitrogens is 1. The minimum absolute atomic E-state index is 0.202.